The lowest BCUT2D eigenvalue weighted by Gasteiger charge is -2.08. The Balaban J connectivity index is 2.09. The number of carbonyl (C=O) groups is 2. The second kappa shape index (κ2) is 7.51. The molecule has 0 unspecified atom stereocenters. The minimum atomic E-state index is -0.593. The summed E-state index contributed by atoms with van der Waals surface area (Å²) in [5, 5.41) is 5.24. The highest BCUT2D eigenvalue weighted by atomic mass is 32.1. The average Bonchev–Trinajstić information content (AvgIpc) is 2.90. The van der Waals surface area contributed by atoms with Gasteiger partial charge in [-0.2, -0.15) is 0 Å². The maximum absolute atomic E-state index is 12.1. The number of rotatable bonds is 5. The number of amides is 1. The van der Waals surface area contributed by atoms with Crippen LogP contribution in [0.25, 0.3) is 6.08 Å². The Bertz CT molecular complexity index is 692. The summed E-state index contributed by atoms with van der Waals surface area (Å²) in [5.41, 5.74) is 1.59. The Kier molecular flexibility index (Phi) is 5.43. The summed E-state index contributed by atoms with van der Waals surface area (Å²) in [4.78, 5) is 27.6. The van der Waals surface area contributed by atoms with Gasteiger partial charge in [0.25, 0.3) is 0 Å². The van der Waals surface area contributed by atoms with E-state index in [4.69, 9.17) is 4.74 Å². The molecule has 0 fully saturated rings. The third-order valence-corrected chi connectivity index (χ3v) is 3.48. The second-order valence-corrected chi connectivity index (χ2v) is 5.65. The van der Waals surface area contributed by atoms with Crippen LogP contribution in [0.3, 0.4) is 0 Å². The van der Waals surface area contributed by atoms with Crippen LogP contribution in [0.1, 0.15) is 23.2 Å². The zero-order valence-electron chi connectivity index (χ0n) is 12.3. The molecule has 0 aliphatic carbocycles. The van der Waals surface area contributed by atoms with Crippen LogP contribution in [0.5, 0.6) is 0 Å². The Morgan fingerprint density at radius 3 is 2.64 bits per heavy atom. The Labute approximate surface area is 132 Å². The van der Waals surface area contributed by atoms with Crippen molar-refractivity contribution in [3.8, 4) is 0 Å². The zero-order valence-corrected chi connectivity index (χ0v) is 13.1. The van der Waals surface area contributed by atoms with Crippen LogP contribution < -0.4 is 5.32 Å². The van der Waals surface area contributed by atoms with Crippen LogP contribution in [0.2, 0.25) is 0 Å². The van der Waals surface area contributed by atoms with Gasteiger partial charge in [0, 0.05) is 12.3 Å². The molecule has 22 heavy (non-hydrogen) atoms. The summed E-state index contributed by atoms with van der Waals surface area (Å²) in [6.45, 7) is 3.30. The van der Waals surface area contributed by atoms with Crippen molar-refractivity contribution in [3.05, 3.63) is 57.7 Å². The molecule has 1 N–H and O–H groups in total. The standard InChI is InChI=1S/C16H16N2O3S/c1-11(19)17-15(8-13-6-4-3-5-7-13)16(20)21-9-14-10-22-12(2)18-14/h3-8,10H,9H2,1-2H3,(H,17,19). The summed E-state index contributed by atoms with van der Waals surface area (Å²) in [6.07, 6.45) is 1.58. The molecule has 0 spiro atoms. The highest BCUT2D eigenvalue weighted by molar-refractivity contribution is 7.09. The molecule has 1 amide bonds. The number of nitrogens with zero attached hydrogens (tertiary/aromatic N) is 1. The highest BCUT2D eigenvalue weighted by Crippen LogP contribution is 2.11. The smallest absolute Gasteiger partial charge is 0.355 e. The lowest BCUT2D eigenvalue weighted by atomic mass is 10.2. The maximum atomic E-state index is 12.1. The summed E-state index contributed by atoms with van der Waals surface area (Å²) in [6, 6.07) is 9.23. The largest absolute Gasteiger partial charge is 0.454 e. The van der Waals surface area contributed by atoms with Gasteiger partial charge in [-0.15, -0.1) is 11.3 Å². The van der Waals surface area contributed by atoms with E-state index in [2.05, 4.69) is 10.3 Å². The Hall–Kier alpha value is -2.47. The average molecular weight is 316 g/mol. The molecule has 0 aliphatic rings. The number of ether oxygens (including phenoxy) is 1. The molecule has 6 heteroatoms. The molecule has 5 nitrogen and oxygen atoms in total. The molecule has 0 aliphatic heterocycles. The number of carbonyl (C=O) groups excluding carboxylic acids is 2. The monoisotopic (exact) mass is 316 g/mol. The third-order valence-electron chi connectivity index (χ3n) is 2.66. The van der Waals surface area contributed by atoms with E-state index >= 15 is 0 Å². The van der Waals surface area contributed by atoms with E-state index in [1.165, 1.54) is 18.3 Å². The van der Waals surface area contributed by atoms with E-state index in [0.717, 1.165) is 10.6 Å². The van der Waals surface area contributed by atoms with Crippen LogP contribution in [-0.2, 0) is 20.9 Å². The molecule has 0 saturated carbocycles. The number of benzene rings is 1. The van der Waals surface area contributed by atoms with Crippen molar-refractivity contribution in [1.82, 2.24) is 10.3 Å². The van der Waals surface area contributed by atoms with Gasteiger partial charge < -0.3 is 10.1 Å². The first-order valence-electron chi connectivity index (χ1n) is 6.67. The topological polar surface area (TPSA) is 68.3 Å². The van der Waals surface area contributed by atoms with Crippen molar-refractivity contribution in [3.63, 3.8) is 0 Å². The van der Waals surface area contributed by atoms with Gasteiger partial charge in [0.2, 0.25) is 5.91 Å². The summed E-state index contributed by atoms with van der Waals surface area (Å²) < 4.78 is 5.20. The summed E-state index contributed by atoms with van der Waals surface area (Å²) >= 11 is 1.49. The van der Waals surface area contributed by atoms with Crippen molar-refractivity contribution >= 4 is 29.3 Å². The lowest BCUT2D eigenvalue weighted by Crippen LogP contribution is -2.26. The maximum Gasteiger partial charge on any atom is 0.355 e. The van der Waals surface area contributed by atoms with Crippen molar-refractivity contribution in [1.29, 1.82) is 0 Å². The van der Waals surface area contributed by atoms with E-state index < -0.39 is 5.97 Å². The molecule has 1 heterocycles. The molecule has 0 saturated heterocycles. The molecule has 2 aromatic rings. The summed E-state index contributed by atoms with van der Waals surface area (Å²) in [7, 11) is 0. The van der Waals surface area contributed by atoms with Crippen LogP contribution in [-0.4, -0.2) is 16.9 Å². The van der Waals surface area contributed by atoms with E-state index in [1.807, 2.05) is 42.6 Å². The number of aromatic nitrogens is 1. The van der Waals surface area contributed by atoms with E-state index in [9.17, 15) is 9.59 Å². The van der Waals surface area contributed by atoms with Gasteiger partial charge in [-0.3, -0.25) is 4.79 Å². The highest BCUT2D eigenvalue weighted by Gasteiger charge is 2.13. The van der Waals surface area contributed by atoms with Gasteiger partial charge >= 0.3 is 5.97 Å². The van der Waals surface area contributed by atoms with Crippen LogP contribution >= 0.6 is 11.3 Å². The molecule has 1 aromatic carbocycles. The molecule has 114 valence electrons. The minimum Gasteiger partial charge on any atom is -0.454 e. The summed E-state index contributed by atoms with van der Waals surface area (Å²) in [5.74, 6) is -0.923. The molecule has 0 atom stereocenters. The minimum absolute atomic E-state index is 0.0783. The molecule has 0 bridgehead atoms. The zero-order chi connectivity index (χ0) is 15.9. The van der Waals surface area contributed by atoms with Gasteiger partial charge in [-0.1, -0.05) is 30.3 Å². The number of hydrogen-bond acceptors (Lipinski definition) is 5. The SMILES string of the molecule is CC(=O)NC(=Cc1ccccc1)C(=O)OCc1csc(C)n1. The first-order chi connectivity index (χ1) is 10.5. The number of thiazole rings is 1. The number of aryl methyl sites for hydroxylation is 1. The molecule has 2 rings (SSSR count). The first-order valence-corrected chi connectivity index (χ1v) is 7.55. The van der Waals surface area contributed by atoms with Crippen LogP contribution in [0.15, 0.2) is 41.4 Å². The van der Waals surface area contributed by atoms with Crippen molar-refractivity contribution < 1.29 is 14.3 Å². The lowest BCUT2D eigenvalue weighted by molar-refractivity contribution is -0.141. The normalized spacial score (nSPS) is 11.1. The first kappa shape index (κ1) is 15.9. The van der Waals surface area contributed by atoms with Gasteiger partial charge in [-0.05, 0) is 18.6 Å². The fourth-order valence-electron chi connectivity index (χ4n) is 1.74. The fraction of sp³-hybridized carbons (Fsp3) is 0.188. The number of esters is 1. The van der Waals surface area contributed by atoms with Crippen molar-refractivity contribution in [2.75, 3.05) is 0 Å². The van der Waals surface area contributed by atoms with Crippen molar-refractivity contribution in [2.45, 2.75) is 20.5 Å². The molecular weight excluding hydrogens is 300 g/mol. The predicted octanol–water partition coefficient (Wildman–Crippen LogP) is 2.67. The quantitative estimate of drug-likeness (QED) is 0.680. The van der Waals surface area contributed by atoms with Gasteiger partial charge in [-0.25, -0.2) is 9.78 Å². The van der Waals surface area contributed by atoms with E-state index in [-0.39, 0.29) is 18.2 Å². The number of nitrogens with one attached hydrogen (secondary N) is 1. The third kappa shape index (κ3) is 4.82. The van der Waals surface area contributed by atoms with E-state index in [0.29, 0.717) is 5.69 Å². The Morgan fingerprint density at radius 2 is 2.05 bits per heavy atom. The fourth-order valence-corrected chi connectivity index (χ4v) is 2.34. The van der Waals surface area contributed by atoms with Gasteiger partial charge in [0.15, 0.2) is 0 Å². The molecular formula is C16H16N2O3S. The second-order valence-electron chi connectivity index (χ2n) is 4.58. The van der Waals surface area contributed by atoms with Crippen molar-refractivity contribution in [2.24, 2.45) is 0 Å². The van der Waals surface area contributed by atoms with E-state index in [1.54, 1.807) is 6.08 Å². The van der Waals surface area contributed by atoms with Crippen LogP contribution in [0.4, 0.5) is 0 Å². The van der Waals surface area contributed by atoms with Crippen LogP contribution in [0, 0.1) is 6.92 Å². The molecule has 1 aromatic heterocycles. The molecule has 0 radical (unpaired) electrons. The Morgan fingerprint density at radius 1 is 1.32 bits per heavy atom. The van der Waals surface area contributed by atoms with Gasteiger partial charge in [0.1, 0.15) is 12.3 Å². The van der Waals surface area contributed by atoms with Gasteiger partial charge in [0.05, 0.1) is 10.7 Å². The number of hydrogen-bond donors (Lipinski definition) is 1. The predicted molar refractivity (Wildman–Crippen MR) is 84.9 cm³/mol.